The predicted octanol–water partition coefficient (Wildman–Crippen LogP) is 2.53. The third-order valence-electron chi connectivity index (χ3n) is 5.07. The van der Waals surface area contributed by atoms with Crippen LogP contribution in [-0.2, 0) is 9.47 Å². The first kappa shape index (κ1) is 27.2. The van der Waals surface area contributed by atoms with Gasteiger partial charge >= 0.3 is 6.09 Å². The molecule has 0 radical (unpaired) electrons. The van der Waals surface area contributed by atoms with Gasteiger partial charge in [-0.3, -0.25) is 9.89 Å². The summed E-state index contributed by atoms with van der Waals surface area (Å²) in [5.74, 6) is 1.24. The molecule has 0 spiro atoms. The van der Waals surface area contributed by atoms with E-state index in [1.807, 2.05) is 25.7 Å². The summed E-state index contributed by atoms with van der Waals surface area (Å²) in [6.45, 7) is 16.6. The van der Waals surface area contributed by atoms with E-state index in [2.05, 4.69) is 22.5 Å². The lowest BCUT2D eigenvalue weighted by Crippen LogP contribution is -2.44. The Balaban J connectivity index is 0.00000450. The molecule has 1 amide bonds. The van der Waals surface area contributed by atoms with Gasteiger partial charge in [-0.05, 0) is 59.4 Å². The van der Waals surface area contributed by atoms with E-state index in [1.165, 1.54) is 0 Å². The summed E-state index contributed by atoms with van der Waals surface area (Å²) < 4.78 is 10.9. The number of hydrogen-bond donors (Lipinski definition) is 2. The number of rotatable bonds is 7. The third kappa shape index (κ3) is 11.0. The van der Waals surface area contributed by atoms with E-state index in [0.717, 1.165) is 90.8 Å². The lowest BCUT2D eigenvalue weighted by atomic mass is 9.98. The fourth-order valence-electron chi connectivity index (χ4n) is 3.60. The van der Waals surface area contributed by atoms with Crippen LogP contribution in [0.5, 0.6) is 0 Å². The van der Waals surface area contributed by atoms with E-state index in [1.54, 1.807) is 0 Å². The summed E-state index contributed by atoms with van der Waals surface area (Å²) >= 11 is 0. The van der Waals surface area contributed by atoms with Crippen LogP contribution in [0.4, 0.5) is 4.79 Å². The average Bonchev–Trinajstić information content (AvgIpc) is 2.69. The number of aliphatic imine (C=N–C) groups is 1. The number of nitrogens with one attached hydrogen (secondary N) is 2. The number of amides is 1. The van der Waals surface area contributed by atoms with Crippen LogP contribution in [0.3, 0.4) is 0 Å². The van der Waals surface area contributed by atoms with Gasteiger partial charge in [0.1, 0.15) is 5.60 Å². The molecule has 30 heavy (non-hydrogen) atoms. The van der Waals surface area contributed by atoms with Crippen molar-refractivity contribution in [2.24, 2.45) is 10.9 Å². The number of guanidine groups is 1. The van der Waals surface area contributed by atoms with Gasteiger partial charge < -0.3 is 25.0 Å². The minimum Gasteiger partial charge on any atom is -0.444 e. The first-order valence-electron chi connectivity index (χ1n) is 11.2. The largest absolute Gasteiger partial charge is 0.444 e. The fourth-order valence-corrected chi connectivity index (χ4v) is 3.60. The van der Waals surface area contributed by atoms with Crippen LogP contribution in [0.15, 0.2) is 4.99 Å². The first-order valence-corrected chi connectivity index (χ1v) is 11.2. The lowest BCUT2D eigenvalue weighted by Gasteiger charge is -2.33. The molecule has 2 heterocycles. The molecule has 9 heteroatoms. The van der Waals surface area contributed by atoms with Crippen molar-refractivity contribution in [3.05, 3.63) is 0 Å². The average molecular weight is 540 g/mol. The quantitative estimate of drug-likeness (QED) is 0.224. The second-order valence-corrected chi connectivity index (χ2v) is 8.89. The second-order valence-electron chi connectivity index (χ2n) is 8.89. The maximum Gasteiger partial charge on any atom is 0.410 e. The Hall–Kier alpha value is -0.810. The van der Waals surface area contributed by atoms with E-state index in [9.17, 15) is 4.79 Å². The van der Waals surface area contributed by atoms with Crippen LogP contribution in [0, 0.1) is 5.92 Å². The number of hydrogen-bond acceptors (Lipinski definition) is 5. The summed E-state index contributed by atoms with van der Waals surface area (Å²) in [6, 6.07) is 0. The van der Waals surface area contributed by atoms with Gasteiger partial charge in [-0.2, -0.15) is 0 Å². The molecule has 2 saturated heterocycles. The van der Waals surface area contributed by atoms with Gasteiger partial charge in [-0.1, -0.05) is 0 Å². The Labute approximate surface area is 199 Å². The molecule has 2 aliphatic heterocycles. The standard InChI is InChI=1S/C21H41N5O3.HI/c1-5-22-19(23-9-7-10-25-12-14-28-15-13-25)24-16-18-8-6-11-26(17-18)20(27)29-21(2,3)4;/h18H,5-17H2,1-4H3,(H2,22,23,24);1H. The number of piperidine rings is 1. The van der Waals surface area contributed by atoms with Gasteiger partial charge in [0.15, 0.2) is 5.96 Å². The molecule has 8 nitrogen and oxygen atoms in total. The zero-order valence-corrected chi connectivity index (χ0v) is 21.6. The molecule has 1 atom stereocenters. The lowest BCUT2D eigenvalue weighted by molar-refractivity contribution is 0.0170. The van der Waals surface area contributed by atoms with Crippen LogP contribution in [0.25, 0.3) is 0 Å². The highest BCUT2D eigenvalue weighted by Crippen LogP contribution is 2.19. The van der Waals surface area contributed by atoms with E-state index in [4.69, 9.17) is 14.5 Å². The summed E-state index contributed by atoms with van der Waals surface area (Å²) in [5, 5.41) is 6.77. The number of carbonyl (C=O) groups excluding carboxylic acids is 1. The van der Waals surface area contributed by atoms with Crippen molar-refractivity contribution in [3.8, 4) is 0 Å². The molecular formula is C21H42IN5O3. The number of nitrogens with zero attached hydrogens (tertiary/aromatic N) is 3. The van der Waals surface area contributed by atoms with Gasteiger partial charge in [0.2, 0.25) is 0 Å². The smallest absolute Gasteiger partial charge is 0.410 e. The monoisotopic (exact) mass is 539 g/mol. The molecule has 176 valence electrons. The van der Waals surface area contributed by atoms with Crippen molar-refractivity contribution in [2.45, 2.75) is 52.6 Å². The Morgan fingerprint density at radius 2 is 1.93 bits per heavy atom. The van der Waals surface area contributed by atoms with Crippen LogP contribution in [0.2, 0.25) is 0 Å². The molecule has 2 rings (SSSR count). The highest BCUT2D eigenvalue weighted by molar-refractivity contribution is 14.0. The van der Waals surface area contributed by atoms with Gasteiger partial charge in [0.25, 0.3) is 0 Å². The van der Waals surface area contributed by atoms with Gasteiger partial charge in [0, 0.05) is 45.8 Å². The van der Waals surface area contributed by atoms with Gasteiger partial charge in [-0.15, -0.1) is 24.0 Å². The summed E-state index contributed by atoms with van der Waals surface area (Å²) in [7, 11) is 0. The topological polar surface area (TPSA) is 78.4 Å². The van der Waals surface area contributed by atoms with Crippen LogP contribution < -0.4 is 10.6 Å². The highest BCUT2D eigenvalue weighted by atomic mass is 127. The zero-order chi connectivity index (χ0) is 21.1. The number of ether oxygens (including phenoxy) is 2. The van der Waals surface area contributed by atoms with Crippen molar-refractivity contribution < 1.29 is 14.3 Å². The molecule has 2 fully saturated rings. The van der Waals surface area contributed by atoms with E-state index >= 15 is 0 Å². The van der Waals surface area contributed by atoms with E-state index < -0.39 is 5.60 Å². The van der Waals surface area contributed by atoms with E-state index in [-0.39, 0.29) is 30.1 Å². The Bertz CT molecular complexity index is 521. The Morgan fingerprint density at radius 3 is 2.60 bits per heavy atom. The van der Waals surface area contributed by atoms with E-state index in [0.29, 0.717) is 5.92 Å². The van der Waals surface area contributed by atoms with Crippen molar-refractivity contribution in [1.29, 1.82) is 0 Å². The number of morpholine rings is 1. The van der Waals surface area contributed by atoms with Crippen LogP contribution >= 0.6 is 24.0 Å². The summed E-state index contributed by atoms with van der Waals surface area (Å²) in [5.41, 5.74) is -0.453. The molecular weight excluding hydrogens is 497 g/mol. The van der Waals surface area contributed by atoms with Crippen molar-refractivity contribution >= 4 is 36.0 Å². The van der Waals surface area contributed by atoms with Crippen LogP contribution in [-0.4, -0.2) is 93.0 Å². The highest BCUT2D eigenvalue weighted by Gasteiger charge is 2.27. The van der Waals surface area contributed by atoms with Crippen molar-refractivity contribution in [1.82, 2.24) is 20.4 Å². The van der Waals surface area contributed by atoms with Gasteiger partial charge in [-0.25, -0.2) is 4.79 Å². The summed E-state index contributed by atoms with van der Waals surface area (Å²) in [4.78, 5) is 21.4. The van der Waals surface area contributed by atoms with Gasteiger partial charge in [0.05, 0.1) is 13.2 Å². The Kier molecular flexibility index (Phi) is 13.0. The normalized spacial score (nSPS) is 21.0. The summed E-state index contributed by atoms with van der Waals surface area (Å²) in [6.07, 6.45) is 2.97. The first-order chi connectivity index (χ1) is 13.9. The second kappa shape index (κ2) is 14.3. The molecule has 1 unspecified atom stereocenters. The number of halogens is 1. The fraction of sp³-hybridized carbons (Fsp3) is 0.905. The molecule has 0 aromatic rings. The van der Waals surface area contributed by atoms with Crippen LogP contribution in [0.1, 0.15) is 47.0 Å². The molecule has 0 aromatic heterocycles. The maximum absolute atomic E-state index is 12.3. The molecule has 2 N–H and O–H groups in total. The number of likely N-dealkylation sites (tertiary alicyclic amines) is 1. The molecule has 2 aliphatic rings. The number of carbonyl (C=O) groups is 1. The minimum atomic E-state index is -0.453. The molecule has 0 saturated carbocycles. The third-order valence-corrected chi connectivity index (χ3v) is 5.07. The SMILES string of the molecule is CCNC(=NCC1CCCN(C(=O)OC(C)(C)C)C1)NCCCN1CCOCC1.I. The zero-order valence-electron chi connectivity index (χ0n) is 19.2. The maximum atomic E-state index is 12.3. The Morgan fingerprint density at radius 1 is 1.20 bits per heavy atom. The molecule has 0 aliphatic carbocycles. The van der Waals surface area contributed by atoms with Crippen molar-refractivity contribution in [2.75, 3.05) is 65.6 Å². The predicted molar refractivity (Wildman–Crippen MR) is 132 cm³/mol. The minimum absolute atomic E-state index is 0. The molecule has 0 bridgehead atoms. The van der Waals surface area contributed by atoms with Crippen molar-refractivity contribution in [3.63, 3.8) is 0 Å². The molecule has 0 aromatic carbocycles.